The molecule has 3 nitrogen and oxygen atoms in total. The number of aromatic amines is 1. The van der Waals surface area contributed by atoms with Crippen LogP contribution in [0.4, 0.5) is 0 Å². The summed E-state index contributed by atoms with van der Waals surface area (Å²) >= 11 is 0. The van der Waals surface area contributed by atoms with Crippen molar-refractivity contribution in [2.24, 2.45) is 0 Å². The van der Waals surface area contributed by atoms with Crippen molar-refractivity contribution in [1.82, 2.24) is 4.98 Å². The molecule has 0 aliphatic heterocycles. The van der Waals surface area contributed by atoms with Gasteiger partial charge in [0.25, 0.3) is 0 Å². The van der Waals surface area contributed by atoms with Crippen molar-refractivity contribution in [3.63, 3.8) is 0 Å². The van der Waals surface area contributed by atoms with Gasteiger partial charge in [-0.2, -0.15) is 0 Å². The van der Waals surface area contributed by atoms with Crippen molar-refractivity contribution in [3.8, 4) is 0 Å². The lowest BCUT2D eigenvalue weighted by atomic mass is 9.99. The third-order valence-electron chi connectivity index (χ3n) is 4.01. The minimum absolute atomic E-state index is 0.278. The summed E-state index contributed by atoms with van der Waals surface area (Å²) in [4.78, 5) is 15.7. The van der Waals surface area contributed by atoms with Gasteiger partial charge in [-0.25, -0.2) is 4.79 Å². The molecular weight excluding hydrogens is 274 g/mol. The number of rotatable bonds is 2. The predicted molar refractivity (Wildman–Crippen MR) is 89.3 cm³/mol. The van der Waals surface area contributed by atoms with E-state index in [4.69, 9.17) is 4.74 Å². The molecule has 4 aromatic rings. The van der Waals surface area contributed by atoms with Gasteiger partial charge in [0, 0.05) is 21.8 Å². The first-order chi connectivity index (χ1) is 10.8. The third kappa shape index (κ3) is 1.79. The Bertz CT molecular complexity index is 1010. The van der Waals surface area contributed by atoms with Crippen LogP contribution in [-0.4, -0.2) is 17.6 Å². The van der Waals surface area contributed by atoms with Gasteiger partial charge in [0.05, 0.1) is 12.2 Å². The molecule has 0 radical (unpaired) electrons. The SMILES string of the molecule is CCOC(=O)c1cc2[nH]c3ccccc3c2c2ccccc12. The molecule has 0 atom stereocenters. The Morgan fingerprint density at radius 1 is 0.955 bits per heavy atom. The minimum atomic E-state index is -0.278. The van der Waals surface area contributed by atoms with E-state index in [0.29, 0.717) is 12.2 Å². The average molecular weight is 289 g/mol. The van der Waals surface area contributed by atoms with Crippen LogP contribution in [0.25, 0.3) is 32.6 Å². The number of ether oxygens (including phenoxy) is 1. The van der Waals surface area contributed by atoms with Crippen molar-refractivity contribution >= 4 is 38.5 Å². The van der Waals surface area contributed by atoms with Crippen LogP contribution >= 0.6 is 0 Å². The van der Waals surface area contributed by atoms with Crippen LogP contribution in [0.3, 0.4) is 0 Å². The van der Waals surface area contributed by atoms with E-state index in [-0.39, 0.29) is 5.97 Å². The lowest BCUT2D eigenvalue weighted by molar-refractivity contribution is 0.0529. The van der Waals surface area contributed by atoms with Crippen LogP contribution in [0.15, 0.2) is 54.6 Å². The summed E-state index contributed by atoms with van der Waals surface area (Å²) in [6, 6.07) is 18.1. The second kappa shape index (κ2) is 4.88. The van der Waals surface area contributed by atoms with Gasteiger partial charge in [0.1, 0.15) is 0 Å². The van der Waals surface area contributed by atoms with Crippen molar-refractivity contribution in [3.05, 3.63) is 60.2 Å². The Hall–Kier alpha value is -2.81. The Labute approximate surface area is 127 Å². The fourth-order valence-electron chi connectivity index (χ4n) is 3.10. The number of aromatic nitrogens is 1. The van der Waals surface area contributed by atoms with E-state index in [2.05, 4.69) is 17.1 Å². The Morgan fingerprint density at radius 2 is 1.64 bits per heavy atom. The number of benzene rings is 3. The maximum atomic E-state index is 12.3. The smallest absolute Gasteiger partial charge is 0.338 e. The second-order valence-corrected chi connectivity index (χ2v) is 5.28. The zero-order valence-corrected chi connectivity index (χ0v) is 12.2. The molecule has 0 unspecified atom stereocenters. The van der Waals surface area contributed by atoms with E-state index in [1.54, 1.807) is 0 Å². The summed E-state index contributed by atoms with van der Waals surface area (Å²) in [5.74, 6) is -0.278. The molecule has 4 rings (SSSR count). The van der Waals surface area contributed by atoms with Gasteiger partial charge < -0.3 is 9.72 Å². The van der Waals surface area contributed by atoms with Gasteiger partial charge in [-0.1, -0.05) is 42.5 Å². The first-order valence-electron chi connectivity index (χ1n) is 7.39. The number of carbonyl (C=O) groups excluding carboxylic acids is 1. The molecule has 0 aliphatic carbocycles. The van der Waals surface area contributed by atoms with Gasteiger partial charge in [-0.3, -0.25) is 0 Å². The molecule has 22 heavy (non-hydrogen) atoms. The summed E-state index contributed by atoms with van der Waals surface area (Å²) in [5.41, 5.74) is 2.64. The lowest BCUT2D eigenvalue weighted by Crippen LogP contribution is -2.05. The molecule has 1 heterocycles. The lowest BCUT2D eigenvalue weighted by Gasteiger charge is -2.07. The van der Waals surface area contributed by atoms with E-state index in [1.165, 1.54) is 5.39 Å². The van der Waals surface area contributed by atoms with Gasteiger partial charge in [0.2, 0.25) is 0 Å². The molecule has 0 saturated carbocycles. The molecule has 0 amide bonds. The maximum Gasteiger partial charge on any atom is 0.338 e. The summed E-state index contributed by atoms with van der Waals surface area (Å²) in [7, 11) is 0. The molecule has 0 fully saturated rings. The number of hydrogen-bond donors (Lipinski definition) is 1. The number of nitrogens with one attached hydrogen (secondary N) is 1. The van der Waals surface area contributed by atoms with Gasteiger partial charge in [-0.15, -0.1) is 0 Å². The molecule has 0 saturated heterocycles. The number of esters is 1. The van der Waals surface area contributed by atoms with Crippen LogP contribution in [0.5, 0.6) is 0 Å². The number of H-pyrrole nitrogens is 1. The highest BCUT2D eigenvalue weighted by Gasteiger charge is 2.16. The summed E-state index contributed by atoms with van der Waals surface area (Å²) in [6.45, 7) is 2.19. The van der Waals surface area contributed by atoms with Gasteiger partial charge in [-0.05, 0) is 29.8 Å². The Kier molecular flexibility index (Phi) is 2.86. The summed E-state index contributed by atoms with van der Waals surface area (Å²) in [5, 5.41) is 4.32. The highest BCUT2D eigenvalue weighted by Crippen LogP contribution is 2.34. The fourth-order valence-corrected chi connectivity index (χ4v) is 3.10. The maximum absolute atomic E-state index is 12.3. The van der Waals surface area contributed by atoms with E-state index in [1.807, 2.05) is 49.4 Å². The van der Waals surface area contributed by atoms with Crippen molar-refractivity contribution in [2.75, 3.05) is 6.61 Å². The van der Waals surface area contributed by atoms with Crippen molar-refractivity contribution in [2.45, 2.75) is 6.92 Å². The third-order valence-corrected chi connectivity index (χ3v) is 4.01. The monoisotopic (exact) mass is 289 g/mol. The molecule has 3 aromatic carbocycles. The van der Waals surface area contributed by atoms with Crippen molar-refractivity contribution in [1.29, 1.82) is 0 Å². The number of hydrogen-bond acceptors (Lipinski definition) is 2. The largest absolute Gasteiger partial charge is 0.462 e. The highest BCUT2D eigenvalue weighted by molar-refractivity contribution is 6.23. The second-order valence-electron chi connectivity index (χ2n) is 5.28. The Balaban J connectivity index is 2.18. The van der Waals surface area contributed by atoms with Gasteiger partial charge in [0.15, 0.2) is 0 Å². The van der Waals surface area contributed by atoms with E-state index < -0.39 is 0 Å². The fraction of sp³-hybridized carbons (Fsp3) is 0.105. The topological polar surface area (TPSA) is 42.1 Å². The molecule has 0 spiro atoms. The zero-order chi connectivity index (χ0) is 15.1. The normalized spacial score (nSPS) is 11.3. The quantitative estimate of drug-likeness (QED) is 0.546. The number of fused-ring (bicyclic) bond motifs is 5. The summed E-state index contributed by atoms with van der Waals surface area (Å²) in [6.07, 6.45) is 0. The molecule has 3 heteroatoms. The Morgan fingerprint density at radius 3 is 2.41 bits per heavy atom. The molecule has 108 valence electrons. The minimum Gasteiger partial charge on any atom is -0.462 e. The number of para-hydroxylation sites is 1. The van der Waals surface area contributed by atoms with Crippen LogP contribution in [0.1, 0.15) is 17.3 Å². The van der Waals surface area contributed by atoms with Crippen LogP contribution in [-0.2, 0) is 4.74 Å². The first-order valence-corrected chi connectivity index (χ1v) is 7.39. The number of carbonyl (C=O) groups is 1. The first kappa shape index (κ1) is 12.9. The molecule has 0 aliphatic rings. The highest BCUT2D eigenvalue weighted by atomic mass is 16.5. The summed E-state index contributed by atoms with van der Waals surface area (Å²) < 4.78 is 5.21. The molecule has 1 aromatic heterocycles. The van der Waals surface area contributed by atoms with Crippen molar-refractivity contribution < 1.29 is 9.53 Å². The van der Waals surface area contributed by atoms with Gasteiger partial charge >= 0.3 is 5.97 Å². The molecule has 1 N–H and O–H groups in total. The van der Waals surface area contributed by atoms with E-state index >= 15 is 0 Å². The van der Waals surface area contributed by atoms with Crippen LogP contribution < -0.4 is 0 Å². The molecule has 0 bridgehead atoms. The van der Waals surface area contributed by atoms with E-state index in [9.17, 15) is 4.79 Å². The predicted octanol–water partition coefficient (Wildman–Crippen LogP) is 4.65. The zero-order valence-electron chi connectivity index (χ0n) is 12.2. The molecular formula is C19H15NO2. The standard InChI is InChI=1S/C19H15NO2/c1-2-22-19(21)15-11-17-18(13-8-4-3-7-12(13)15)14-9-5-6-10-16(14)20-17/h3-11,20H,2H2,1H3. The van der Waals surface area contributed by atoms with E-state index in [0.717, 1.165) is 27.2 Å². The van der Waals surface area contributed by atoms with Crippen LogP contribution in [0, 0.1) is 0 Å². The average Bonchev–Trinajstić information content (AvgIpc) is 2.93. The van der Waals surface area contributed by atoms with Crippen LogP contribution in [0.2, 0.25) is 0 Å².